The molecule has 2 aromatic carbocycles. The zero-order chi connectivity index (χ0) is 19.9. The molecule has 0 fully saturated rings. The van der Waals surface area contributed by atoms with Gasteiger partial charge in [-0.25, -0.2) is 23.5 Å². The maximum absolute atomic E-state index is 11.8. The van der Waals surface area contributed by atoms with Gasteiger partial charge in [0.2, 0.25) is 10.0 Å². The smallest absolute Gasteiger partial charge is 0.238 e. The Morgan fingerprint density at radius 2 is 1.79 bits per heavy atom. The molecule has 142 valence electrons. The molecule has 0 atom stereocenters. The van der Waals surface area contributed by atoms with Gasteiger partial charge in [-0.1, -0.05) is 30.3 Å². The van der Waals surface area contributed by atoms with E-state index in [9.17, 15) is 8.42 Å². The lowest BCUT2D eigenvalue weighted by Crippen LogP contribution is -2.13. The van der Waals surface area contributed by atoms with Crippen LogP contribution in [0.15, 0.2) is 59.8 Å². The first-order valence-electron chi connectivity index (χ1n) is 8.54. The van der Waals surface area contributed by atoms with Crippen LogP contribution in [0, 0.1) is 13.8 Å². The summed E-state index contributed by atoms with van der Waals surface area (Å²) in [5.41, 5.74) is 3.52. The summed E-state index contributed by atoms with van der Waals surface area (Å²) < 4.78 is 23.6. The Hall–Kier alpha value is -2.81. The van der Waals surface area contributed by atoms with Gasteiger partial charge in [-0.3, -0.25) is 0 Å². The van der Waals surface area contributed by atoms with Crippen LogP contribution in [0.25, 0.3) is 20.7 Å². The highest BCUT2D eigenvalue weighted by molar-refractivity contribution is 7.89. The van der Waals surface area contributed by atoms with Crippen molar-refractivity contribution >= 4 is 43.1 Å². The molecule has 0 spiro atoms. The van der Waals surface area contributed by atoms with Crippen LogP contribution < -0.4 is 10.5 Å². The highest BCUT2D eigenvalue weighted by Crippen LogP contribution is 2.36. The van der Waals surface area contributed by atoms with Crippen LogP contribution in [-0.4, -0.2) is 18.4 Å². The van der Waals surface area contributed by atoms with E-state index in [1.165, 1.54) is 12.4 Å². The van der Waals surface area contributed by atoms with E-state index in [0.717, 1.165) is 31.8 Å². The van der Waals surface area contributed by atoms with Gasteiger partial charge in [0.1, 0.15) is 17.0 Å². The average Bonchev–Trinajstić information content (AvgIpc) is 3.10. The number of anilines is 2. The van der Waals surface area contributed by atoms with Gasteiger partial charge in [-0.2, -0.15) is 0 Å². The molecule has 0 amide bonds. The number of sulfonamides is 1. The molecule has 4 rings (SSSR count). The van der Waals surface area contributed by atoms with E-state index in [4.69, 9.17) is 5.14 Å². The normalized spacial score (nSPS) is 11.7. The maximum atomic E-state index is 11.8. The molecule has 0 saturated carbocycles. The van der Waals surface area contributed by atoms with Gasteiger partial charge in [0.05, 0.1) is 10.3 Å². The van der Waals surface area contributed by atoms with Crippen LogP contribution in [0.4, 0.5) is 11.5 Å². The van der Waals surface area contributed by atoms with Crippen LogP contribution in [0.1, 0.15) is 11.1 Å². The Labute approximate surface area is 167 Å². The Balaban J connectivity index is 1.81. The Morgan fingerprint density at radius 1 is 1.04 bits per heavy atom. The Morgan fingerprint density at radius 3 is 2.50 bits per heavy atom. The quantitative estimate of drug-likeness (QED) is 0.521. The standard InChI is InChI=1S/C20H18N4O2S2/c1-12-8-15(28(21,25)26)9-17(13(12)2)24-19-16-10-18(14-6-4-3-5-7-14)27-20(16)23-11-22-19/h3-11H,1-2H3,(H2,21,25,26)(H,22,23,24). The zero-order valence-electron chi connectivity index (χ0n) is 15.3. The Kier molecular flexibility index (Phi) is 4.62. The molecule has 0 bridgehead atoms. The highest BCUT2D eigenvalue weighted by Gasteiger charge is 2.15. The molecular weight excluding hydrogens is 392 g/mol. The first-order valence-corrected chi connectivity index (χ1v) is 10.9. The molecule has 0 aliphatic rings. The van der Waals surface area contributed by atoms with Crippen molar-refractivity contribution in [2.75, 3.05) is 5.32 Å². The Bertz CT molecular complexity index is 1280. The molecule has 8 heteroatoms. The van der Waals surface area contributed by atoms with Crippen molar-refractivity contribution < 1.29 is 8.42 Å². The van der Waals surface area contributed by atoms with Crippen LogP contribution in [0.2, 0.25) is 0 Å². The summed E-state index contributed by atoms with van der Waals surface area (Å²) in [4.78, 5) is 10.8. The van der Waals surface area contributed by atoms with Gasteiger partial charge in [0.15, 0.2) is 0 Å². The average molecular weight is 411 g/mol. The van der Waals surface area contributed by atoms with Crippen LogP contribution in [0.3, 0.4) is 0 Å². The molecule has 0 saturated heterocycles. The number of aromatic nitrogens is 2. The number of fused-ring (bicyclic) bond motifs is 1. The highest BCUT2D eigenvalue weighted by atomic mass is 32.2. The predicted octanol–water partition coefficient (Wildman–Crippen LogP) is 4.37. The predicted molar refractivity (Wildman–Crippen MR) is 113 cm³/mol. The first-order chi connectivity index (χ1) is 13.3. The number of primary sulfonamides is 1. The molecule has 3 N–H and O–H groups in total. The van der Waals surface area contributed by atoms with Crippen LogP contribution in [-0.2, 0) is 10.0 Å². The monoisotopic (exact) mass is 410 g/mol. The van der Waals surface area contributed by atoms with Crippen LogP contribution in [0.5, 0.6) is 0 Å². The van der Waals surface area contributed by atoms with Gasteiger partial charge < -0.3 is 5.32 Å². The lowest BCUT2D eigenvalue weighted by Gasteiger charge is -2.13. The minimum atomic E-state index is -3.80. The van der Waals surface area contributed by atoms with Gasteiger partial charge in [-0.05, 0) is 48.7 Å². The molecule has 28 heavy (non-hydrogen) atoms. The van der Waals surface area contributed by atoms with Gasteiger partial charge in [-0.15, -0.1) is 11.3 Å². The van der Waals surface area contributed by atoms with E-state index in [1.54, 1.807) is 17.4 Å². The third-order valence-corrected chi connectivity index (χ3v) is 6.60. The number of thiophene rings is 1. The van der Waals surface area contributed by atoms with Crippen LogP contribution >= 0.6 is 11.3 Å². The number of aryl methyl sites for hydroxylation is 1. The van der Waals surface area contributed by atoms with Crippen molar-refractivity contribution in [1.29, 1.82) is 0 Å². The number of hydrogen-bond acceptors (Lipinski definition) is 6. The van der Waals surface area contributed by atoms with E-state index >= 15 is 0 Å². The van der Waals surface area contributed by atoms with Crippen molar-refractivity contribution in [2.24, 2.45) is 5.14 Å². The fraction of sp³-hybridized carbons (Fsp3) is 0.100. The zero-order valence-corrected chi connectivity index (χ0v) is 16.9. The van der Waals surface area contributed by atoms with Crippen molar-refractivity contribution in [2.45, 2.75) is 18.7 Å². The van der Waals surface area contributed by atoms with Crippen molar-refractivity contribution in [3.05, 3.63) is 66.0 Å². The molecule has 6 nitrogen and oxygen atoms in total. The number of nitrogens with one attached hydrogen (secondary N) is 1. The van der Waals surface area contributed by atoms with E-state index < -0.39 is 10.0 Å². The third-order valence-electron chi connectivity index (χ3n) is 4.61. The topological polar surface area (TPSA) is 98.0 Å². The summed E-state index contributed by atoms with van der Waals surface area (Å²) in [6.07, 6.45) is 1.50. The lowest BCUT2D eigenvalue weighted by atomic mass is 10.1. The SMILES string of the molecule is Cc1cc(S(N)(=O)=O)cc(Nc2ncnc3sc(-c4ccccc4)cc23)c1C. The number of rotatable bonds is 4. The molecular formula is C20H18N4O2S2. The molecule has 0 aliphatic heterocycles. The fourth-order valence-corrected chi connectivity index (χ4v) is 4.58. The largest absolute Gasteiger partial charge is 0.339 e. The summed E-state index contributed by atoms with van der Waals surface area (Å²) in [7, 11) is -3.80. The van der Waals surface area contributed by atoms with Crippen molar-refractivity contribution in [3.63, 3.8) is 0 Å². The third kappa shape index (κ3) is 3.49. The summed E-state index contributed by atoms with van der Waals surface area (Å²) in [5.74, 6) is 0.623. The lowest BCUT2D eigenvalue weighted by molar-refractivity contribution is 0.597. The molecule has 2 heterocycles. The summed E-state index contributed by atoms with van der Waals surface area (Å²) in [6.45, 7) is 3.77. The number of benzene rings is 2. The van der Waals surface area contributed by atoms with Gasteiger partial charge >= 0.3 is 0 Å². The molecule has 4 aromatic rings. The molecule has 0 aliphatic carbocycles. The second kappa shape index (κ2) is 6.97. The van der Waals surface area contributed by atoms with Crippen molar-refractivity contribution in [3.8, 4) is 10.4 Å². The number of nitrogens with zero attached hydrogens (tertiary/aromatic N) is 2. The summed E-state index contributed by atoms with van der Waals surface area (Å²) >= 11 is 1.58. The minimum absolute atomic E-state index is 0.0682. The van der Waals surface area contributed by atoms with E-state index in [2.05, 4.69) is 15.3 Å². The minimum Gasteiger partial charge on any atom is -0.339 e. The maximum Gasteiger partial charge on any atom is 0.238 e. The second-order valence-electron chi connectivity index (χ2n) is 6.50. The van der Waals surface area contributed by atoms with E-state index in [0.29, 0.717) is 11.5 Å². The van der Waals surface area contributed by atoms with Gasteiger partial charge in [0, 0.05) is 10.6 Å². The second-order valence-corrected chi connectivity index (χ2v) is 9.09. The molecule has 2 aromatic heterocycles. The number of hydrogen-bond donors (Lipinski definition) is 2. The molecule has 0 radical (unpaired) electrons. The number of nitrogens with two attached hydrogens (primary N) is 1. The van der Waals surface area contributed by atoms with Crippen molar-refractivity contribution in [1.82, 2.24) is 9.97 Å². The fourth-order valence-electron chi connectivity index (χ4n) is 2.95. The molecule has 0 unspecified atom stereocenters. The summed E-state index contributed by atoms with van der Waals surface area (Å²) in [6, 6.07) is 15.2. The van der Waals surface area contributed by atoms with E-state index in [-0.39, 0.29) is 4.90 Å². The summed E-state index contributed by atoms with van der Waals surface area (Å²) in [5, 5.41) is 9.46. The van der Waals surface area contributed by atoms with Gasteiger partial charge in [0.25, 0.3) is 0 Å². The first kappa shape index (κ1) is 18.5. The van der Waals surface area contributed by atoms with E-state index in [1.807, 2.05) is 50.2 Å².